The van der Waals surface area contributed by atoms with E-state index in [0.29, 0.717) is 0 Å². The molecule has 1 aromatic rings. The third-order valence-electron chi connectivity index (χ3n) is 5.50. The zero-order valence-corrected chi connectivity index (χ0v) is 15.4. The minimum absolute atomic E-state index is 0.0175. The summed E-state index contributed by atoms with van der Waals surface area (Å²) in [6.45, 7) is 4.90. The first-order valence-electron chi connectivity index (χ1n) is 9.70. The summed E-state index contributed by atoms with van der Waals surface area (Å²) in [6, 6.07) is 10.3. The number of nitrogens with zero attached hydrogens (tertiary/aromatic N) is 2. The van der Waals surface area contributed by atoms with Crippen LogP contribution in [0.3, 0.4) is 0 Å². The fraction of sp³-hybridized carbons (Fsp3) is 0.600. The maximum atomic E-state index is 12.8. The molecular weight excluding hydrogens is 328 g/mol. The summed E-state index contributed by atoms with van der Waals surface area (Å²) in [5.41, 5.74) is 6.43. The van der Waals surface area contributed by atoms with Crippen molar-refractivity contribution in [1.29, 1.82) is 0 Å². The predicted molar refractivity (Wildman–Crippen MR) is 101 cm³/mol. The van der Waals surface area contributed by atoms with Gasteiger partial charge in [-0.3, -0.25) is 14.5 Å². The van der Waals surface area contributed by atoms with Crippen LogP contribution in [-0.4, -0.2) is 60.9 Å². The summed E-state index contributed by atoms with van der Waals surface area (Å²) < 4.78 is 0. The largest absolute Gasteiger partial charge is 0.369 e. The molecule has 1 aromatic carbocycles. The van der Waals surface area contributed by atoms with E-state index >= 15 is 0 Å². The minimum atomic E-state index is -0.303. The highest BCUT2D eigenvalue weighted by atomic mass is 16.2. The summed E-state index contributed by atoms with van der Waals surface area (Å²) >= 11 is 0. The van der Waals surface area contributed by atoms with Gasteiger partial charge in [0.05, 0.1) is 12.6 Å². The minimum Gasteiger partial charge on any atom is -0.369 e. The lowest BCUT2D eigenvalue weighted by Crippen LogP contribution is -2.45. The van der Waals surface area contributed by atoms with Crippen molar-refractivity contribution in [2.24, 2.45) is 11.7 Å². The van der Waals surface area contributed by atoms with Gasteiger partial charge in [0.2, 0.25) is 11.8 Å². The molecule has 0 spiro atoms. The van der Waals surface area contributed by atoms with Gasteiger partial charge in [0.15, 0.2) is 0 Å². The van der Waals surface area contributed by atoms with E-state index in [1.807, 2.05) is 23.1 Å². The quantitative estimate of drug-likeness (QED) is 0.766. The van der Waals surface area contributed by atoms with Gasteiger partial charge in [0, 0.05) is 12.5 Å². The van der Waals surface area contributed by atoms with Crippen LogP contribution in [0, 0.1) is 5.92 Å². The zero-order chi connectivity index (χ0) is 18.4. The van der Waals surface area contributed by atoms with Crippen LogP contribution in [0.25, 0.3) is 0 Å². The molecule has 1 atom stereocenters. The van der Waals surface area contributed by atoms with Gasteiger partial charge in [-0.25, -0.2) is 0 Å². The maximum Gasteiger partial charge on any atom is 0.231 e. The highest BCUT2D eigenvalue weighted by Gasteiger charge is 2.28. The number of nitrogens with two attached hydrogens (primary N) is 1. The molecule has 3 rings (SSSR count). The summed E-state index contributed by atoms with van der Waals surface area (Å²) in [5, 5.41) is 3.29. The van der Waals surface area contributed by atoms with Gasteiger partial charge in [-0.05, 0) is 57.4 Å². The molecule has 26 heavy (non-hydrogen) atoms. The van der Waals surface area contributed by atoms with E-state index in [4.69, 9.17) is 5.73 Å². The Morgan fingerprint density at radius 2 is 1.69 bits per heavy atom. The van der Waals surface area contributed by atoms with Gasteiger partial charge in [-0.15, -0.1) is 0 Å². The number of primary amides is 1. The third kappa shape index (κ3) is 5.29. The molecule has 0 saturated carbocycles. The molecule has 2 saturated heterocycles. The first kappa shape index (κ1) is 18.9. The Bertz CT molecular complexity index is 593. The number of hydrogen-bond donors (Lipinski definition) is 2. The van der Waals surface area contributed by atoms with Gasteiger partial charge in [-0.2, -0.15) is 0 Å². The molecule has 6 heteroatoms. The van der Waals surface area contributed by atoms with Crippen molar-refractivity contribution in [2.75, 3.05) is 39.3 Å². The number of piperidine rings is 1. The number of hydrogen-bond acceptors (Lipinski definition) is 4. The standard InChI is InChI=1S/C20H30N4O2/c21-19(25)15-24-12-8-17(9-13-24)20(26)22-18(14-23-10-4-5-11-23)16-6-2-1-3-7-16/h1-3,6-7,17-18H,4-5,8-15H2,(H2,21,25)(H,22,26)/t18-/m0/s1. The van der Waals surface area contributed by atoms with Gasteiger partial charge in [0.1, 0.15) is 0 Å². The van der Waals surface area contributed by atoms with Crippen LogP contribution in [0.1, 0.15) is 37.3 Å². The van der Waals surface area contributed by atoms with Crippen molar-refractivity contribution in [2.45, 2.75) is 31.7 Å². The van der Waals surface area contributed by atoms with Crippen molar-refractivity contribution in [3.63, 3.8) is 0 Å². The van der Waals surface area contributed by atoms with Crippen LogP contribution >= 0.6 is 0 Å². The Hall–Kier alpha value is -1.92. The van der Waals surface area contributed by atoms with E-state index in [0.717, 1.165) is 45.6 Å². The average Bonchev–Trinajstić information content (AvgIpc) is 3.15. The van der Waals surface area contributed by atoms with Gasteiger partial charge in [-0.1, -0.05) is 30.3 Å². The summed E-state index contributed by atoms with van der Waals surface area (Å²) in [5.74, 6) is -0.150. The zero-order valence-electron chi connectivity index (χ0n) is 15.4. The van der Waals surface area contributed by atoms with E-state index in [9.17, 15) is 9.59 Å². The number of carbonyl (C=O) groups is 2. The maximum absolute atomic E-state index is 12.8. The monoisotopic (exact) mass is 358 g/mol. The normalized spacial score (nSPS) is 20.8. The summed E-state index contributed by atoms with van der Waals surface area (Å²) in [4.78, 5) is 28.4. The van der Waals surface area contributed by atoms with Crippen molar-refractivity contribution in [3.8, 4) is 0 Å². The summed E-state index contributed by atoms with van der Waals surface area (Å²) in [7, 11) is 0. The van der Waals surface area contributed by atoms with Gasteiger partial charge >= 0.3 is 0 Å². The van der Waals surface area contributed by atoms with Crippen molar-refractivity contribution < 1.29 is 9.59 Å². The lowest BCUT2D eigenvalue weighted by Gasteiger charge is -2.32. The molecule has 2 amide bonds. The van der Waals surface area contributed by atoms with E-state index in [-0.39, 0.29) is 30.3 Å². The molecule has 0 bridgehead atoms. The Labute approximate surface area is 155 Å². The van der Waals surface area contributed by atoms with Crippen LogP contribution in [0.15, 0.2) is 30.3 Å². The number of benzene rings is 1. The van der Waals surface area contributed by atoms with Crippen molar-refractivity contribution in [3.05, 3.63) is 35.9 Å². The highest BCUT2D eigenvalue weighted by Crippen LogP contribution is 2.21. The smallest absolute Gasteiger partial charge is 0.231 e. The highest BCUT2D eigenvalue weighted by molar-refractivity contribution is 5.79. The number of nitrogens with one attached hydrogen (secondary N) is 1. The van der Waals surface area contributed by atoms with E-state index in [1.54, 1.807) is 0 Å². The predicted octanol–water partition coefficient (Wildman–Crippen LogP) is 1.14. The third-order valence-corrected chi connectivity index (χ3v) is 5.50. The van der Waals surface area contributed by atoms with Crippen LogP contribution in [-0.2, 0) is 9.59 Å². The van der Waals surface area contributed by atoms with Crippen molar-refractivity contribution in [1.82, 2.24) is 15.1 Å². The van der Waals surface area contributed by atoms with E-state index in [1.165, 1.54) is 18.4 Å². The van der Waals surface area contributed by atoms with Gasteiger partial charge < -0.3 is 16.0 Å². The molecule has 6 nitrogen and oxygen atoms in total. The number of carbonyl (C=O) groups excluding carboxylic acids is 2. The van der Waals surface area contributed by atoms with E-state index < -0.39 is 0 Å². The molecule has 0 aliphatic carbocycles. The Kier molecular flexibility index (Phi) is 6.63. The Morgan fingerprint density at radius 3 is 2.31 bits per heavy atom. The van der Waals surface area contributed by atoms with Crippen LogP contribution in [0.4, 0.5) is 0 Å². The number of likely N-dealkylation sites (tertiary alicyclic amines) is 2. The molecule has 2 aliphatic heterocycles. The fourth-order valence-corrected chi connectivity index (χ4v) is 4.01. The first-order valence-corrected chi connectivity index (χ1v) is 9.70. The first-order chi connectivity index (χ1) is 12.6. The Morgan fingerprint density at radius 1 is 1.04 bits per heavy atom. The second kappa shape index (κ2) is 9.14. The average molecular weight is 358 g/mol. The number of amides is 2. The second-order valence-electron chi connectivity index (χ2n) is 7.50. The molecule has 0 unspecified atom stereocenters. The topological polar surface area (TPSA) is 78.7 Å². The lowest BCUT2D eigenvalue weighted by atomic mass is 9.95. The fourth-order valence-electron chi connectivity index (χ4n) is 4.01. The van der Waals surface area contributed by atoms with E-state index in [2.05, 4.69) is 22.3 Å². The molecule has 0 radical (unpaired) electrons. The van der Waals surface area contributed by atoms with Crippen molar-refractivity contribution >= 4 is 11.8 Å². The molecular formula is C20H30N4O2. The molecule has 0 aromatic heterocycles. The Balaban J connectivity index is 1.57. The molecule has 2 heterocycles. The van der Waals surface area contributed by atoms with Crippen LogP contribution < -0.4 is 11.1 Å². The molecule has 2 fully saturated rings. The summed E-state index contributed by atoms with van der Waals surface area (Å²) in [6.07, 6.45) is 4.05. The van der Waals surface area contributed by atoms with Crippen LogP contribution in [0.2, 0.25) is 0 Å². The molecule has 142 valence electrons. The SMILES string of the molecule is NC(=O)CN1CCC(C(=O)N[C@@H](CN2CCCC2)c2ccccc2)CC1. The van der Waals surface area contributed by atoms with Gasteiger partial charge in [0.25, 0.3) is 0 Å². The molecule has 3 N–H and O–H groups in total. The second-order valence-corrected chi connectivity index (χ2v) is 7.50. The molecule has 2 aliphatic rings. The lowest BCUT2D eigenvalue weighted by molar-refractivity contribution is -0.127. The van der Waals surface area contributed by atoms with Crippen LogP contribution in [0.5, 0.6) is 0 Å². The number of rotatable bonds is 7.